The van der Waals surface area contributed by atoms with E-state index in [4.69, 9.17) is 0 Å². The van der Waals surface area contributed by atoms with Crippen LogP contribution in [0.3, 0.4) is 0 Å². The first kappa shape index (κ1) is 15.2. The molecule has 1 unspecified atom stereocenters. The molecule has 2 heterocycles. The van der Waals surface area contributed by atoms with E-state index in [2.05, 4.69) is 20.4 Å². The number of hydrogen-bond donors (Lipinski definition) is 2. The molecule has 1 atom stereocenters. The van der Waals surface area contributed by atoms with Gasteiger partial charge in [0.25, 0.3) is 5.91 Å². The molecule has 0 fully saturated rings. The van der Waals surface area contributed by atoms with Gasteiger partial charge in [-0.05, 0) is 25.1 Å². The highest BCUT2D eigenvalue weighted by Gasteiger charge is 2.13. The summed E-state index contributed by atoms with van der Waals surface area (Å²) in [5.74, 6) is 0.396. The first-order valence-corrected chi connectivity index (χ1v) is 7.28. The molecule has 0 aliphatic carbocycles. The predicted molar refractivity (Wildman–Crippen MR) is 83.6 cm³/mol. The lowest BCUT2D eigenvalue weighted by atomic mass is 10.1. The lowest BCUT2D eigenvalue weighted by Crippen LogP contribution is -2.35. The number of carbonyl (C=O) groups excluding carboxylic acids is 1. The van der Waals surface area contributed by atoms with Gasteiger partial charge in [-0.25, -0.2) is 9.97 Å². The van der Waals surface area contributed by atoms with Gasteiger partial charge in [-0.15, -0.1) is 0 Å². The van der Waals surface area contributed by atoms with Gasteiger partial charge in [-0.1, -0.05) is 0 Å². The third kappa shape index (κ3) is 3.07. The number of nitrogens with zero attached hydrogens (tertiary/aromatic N) is 5. The van der Waals surface area contributed by atoms with Crippen LogP contribution in [-0.4, -0.2) is 41.4 Å². The number of rotatable bonds is 5. The first-order valence-electron chi connectivity index (χ1n) is 7.28. The van der Waals surface area contributed by atoms with E-state index in [0.717, 1.165) is 5.52 Å². The van der Waals surface area contributed by atoms with Crippen molar-refractivity contribution >= 4 is 16.9 Å². The SMILES string of the molecule is CC(Cn1cncn1)NC(=O)c1ccc2c(c1)nc(CO)n2C. The molecule has 120 valence electrons. The summed E-state index contributed by atoms with van der Waals surface area (Å²) in [4.78, 5) is 20.5. The van der Waals surface area contributed by atoms with Gasteiger partial charge in [0.05, 0.1) is 17.6 Å². The molecule has 3 aromatic rings. The van der Waals surface area contributed by atoms with Crippen molar-refractivity contribution in [3.05, 3.63) is 42.2 Å². The maximum Gasteiger partial charge on any atom is 0.251 e. The average Bonchev–Trinajstić information content (AvgIpc) is 3.14. The van der Waals surface area contributed by atoms with Crippen molar-refractivity contribution in [3.8, 4) is 0 Å². The molecule has 2 aromatic heterocycles. The van der Waals surface area contributed by atoms with Crippen LogP contribution in [0.4, 0.5) is 0 Å². The summed E-state index contributed by atoms with van der Waals surface area (Å²) in [6.45, 7) is 2.32. The van der Waals surface area contributed by atoms with Crippen molar-refractivity contribution in [1.82, 2.24) is 29.6 Å². The van der Waals surface area contributed by atoms with Gasteiger partial charge in [0, 0.05) is 18.7 Å². The van der Waals surface area contributed by atoms with Gasteiger partial charge in [-0.3, -0.25) is 9.48 Å². The molecule has 0 saturated carbocycles. The first-order chi connectivity index (χ1) is 11.1. The number of aliphatic hydroxyl groups excluding tert-OH is 1. The van der Waals surface area contributed by atoms with E-state index in [1.54, 1.807) is 23.1 Å². The fraction of sp³-hybridized carbons (Fsp3) is 0.333. The second-order valence-corrected chi connectivity index (χ2v) is 5.44. The molecule has 3 rings (SSSR count). The molecule has 0 bridgehead atoms. The Balaban J connectivity index is 1.75. The summed E-state index contributed by atoms with van der Waals surface area (Å²) in [6, 6.07) is 5.23. The Labute approximate surface area is 132 Å². The highest BCUT2D eigenvalue weighted by atomic mass is 16.3. The van der Waals surface area contributed by atoms with E-state index in [1.165, 1.54) is 6.33 Å². The van der Waals surface area contributed by atoms with Gasteiger partial charge in [-0.2, -0.15) is 5.10 Å². The zero-order valence-corrected chi connectivity index (χ0v) is 13.0. The van der Waals surface area contributed by atoms with E-state index >= 15 is 0 Å². The summed E-state index contributed by atoms with van der Waals surface area (Å²) in [6.07, 6.45) is 3.07. The number of benzene rings is 1. The molecule has 8 heteroatoms. The Morgan fingerprint density at radius 2 is 2.26 bits per heavy atom. The Morgan fingerprint density at radius 3 is 2.96 bits per heavy atom. The highest BCUT2D eigenvalue weighted by molar-refractivity contribution is 5.97. The summed E-state index contributed by atoms with van der Waals surface area (Å²) >= 11 is 0. The van der Waals surface area contributed by atoms with Crippen LogP contribution in [0.15, 0.2) is 30.9 Å². The van der Waals surface area contributed by atoms with Crippen molar-refractivity contribution in [3.63, 3.8) is 0 Å². The van der Waals surface area contributed by atoms with Crippen molar-refractivity contribution in [2.24, 2.45) is 7.05 Å². The molecular weight excluding hydrogens is 296 g/mol. The zero-order chi connectivity index (χ0) is 16.4. The predicted octanol–water partition coefficient (Wildman–Crippen LogP) is 0.476. The Hall–Kier alpha value is -2.74. The molecule has 0 spiro atoms. The van der Waals surface area contributed by atoms with Gasteiger partial charge in [0.2, 0.25) is 0 Å². The number of imidazole rings is 1. The fourth-order valence-electron chi connectivity index (χ4n) is 2.49. The van der Waals surface area contributed by atoms with Gasteiger partial charge >= 0.3 is 0 Å². The molecule has 0 aliphatic heterocycles. The minimum absolute atomic E-state index is 0.0865. The molecule has 8 nitrogen and oxygen atoms in total. The maximum atomic E-state index is 12.3. The quantitative estimate of drug-likeness (QED) is 0.713. The van der Waals surface area contributed by atoms with Crippen molar-refractivity contribution in [2.75, 3.05) is 0 Å². The van der Waals surface area contributed by atoms with Crippen LogP contribution in [0.1, 0.15) is 23.1 Å². The van der Waals surface area contributed by atoms with Crippen LogP contribution in [0, 0.1) is 0 Å². The van der Waals surface area contributed by atoms with E-state index in [1.807, 2.05) is 24.6 Å². The summed E-state index contributed by atoms with van der Waals surface area (Å²) in [7, 11) is 1.83. The molecule has 2 N–H and O–H groups in total. The third-order valence-corrected chi connectivity index (χ3v) is 3.68. The number of amides is 1. The standard InChI is InChI=1S/C15H18N6O2/c1-10(6-21-9-16-8-17-21)18-15(23)11-3-4-13-12(5-11)19-14(7-22)20(13)2/h3-5,8-10,22H,6-7H2,1-2H3,(H,18,23). The van der Waals surface area contributed by atoms with Crippen LogP contribution in [0.5, 0.6) is 0 Å². The summed E-state index contributed by atoms with van der Waals surface area (Å²) < 4.78 is 3.48. The third-order valence-electron chi connectivity index (χ3n) is 3.68. The average molecular weight is 314 g/mol. The second-order valence-electron chi connectivity index (χ2n) is 5.44. The molecule has 0 saturated heterocycles. The number of carbonyl (C=O) groups is 1. The second kappa shape index (κ2) is 6.17. The van der Waals surface area contributed by atoms with Crippen LogP contribution >= 0.6 is 0 Å². The van der Waals surface area contributed by atoms with E-state index in [9.17, 15) is 9.90 Å². The zero-order valence-electron chi connectivity index (χ0n) is 13.0. The molecule has 0 radical (unpaired) electrons. The number of hydrogen-bond acceptors (Lipinski definition) is 5. The van der Waals surface area contributed by atoms with Gasteiger partial charge in [0.15, 0.2) is 0 Å². The summed E-state index contributed by atoms with van der Waals surface area (Å²) in [5.41, 5.74) is 2.10. The summed E-state index contributed by atoms with van der Waals surface area (Å²) in [5, 5.41) is 16.2. The number of aryl methyl sites for hydroxylation is 1. The van der Waals surface area contributed by atoms with Crippen LogP contribution in [-0.2, 0) is 20.2 Å². The normalized spacial score (nSPS) is 12.5. The van der Waals surface area contributed by atoms with Crippen LogP contribution < -0.4 is 5.32 Å². The Kier molecular flexibility index (Phi) is 4.07. The number of aliphatic hydroxyl groups is 1. The molecule has 1 amide bonds. The monoisotopic (exact) mass is 314 g/mol. The van der Waals surface area contributed by atoms with Crippen molar-refractivity contribution in [1.29, 1.82) is 0 Å². The number of nitrogens with one attached hydrogen (secondary N) is 1. The van der Waals surface area contributed by atoms with Gasteiger partial charge < -0.3 is 15.0 Å². The Bertz CT molecular complexity index is 824. The van der Waals surface area contributed by atoms with Crippen molar-refractivity contribution in [2.45, 2.75) is 26.1 Å². The lowest BCUT2D eigenvalue weighted by Gasteiger charge is -2.13. The molecule has 1 aromatic carbocycles. The Morgan fingerprint density at radius 1 is 1.43 bits per heavy atom. The van der Waals surface area contributed by atoms with Crippen LogP contribution in [0.25, 0.3) is 11.0 Å². The molecule has 0 aliphatic rings. The number of aromatic nitrogens is 5. The maximum absolute atomic E-state index is 12.3. The van der Waals surface area contributed by atoms with Crippen molar-refractivity contribution < 1.29 is 9.90 Å². The molecular formula is C15H18N6O2. The van der Waals surface area contributed by atoms with Gasteiger partial charge in [0.1, 0.15) is 25.1 Å². The van der Waals surface area contributed by atoms with E-state index in [0.29, 0.717) is 23.4 Å². The lowest BCUT2D eigenvalue weighted by molar-refractivity contribution is 0.0936. The largest absolute Gasteiger partial charge is 0.388 e. The van der Waals surface area contributed by atoms with Crippen LogP contribution in [0.2, 0.25) is 0 Å². The molecule has 23 heavy (non-hydrogen) atoms. The van der Waals surface area contributed by atoms with E-state index < -0.39 is 0 Å². The fourth-order valence-corrected chi connectivity index (χ4v) is 2.49. The smallest absolute Gasteiger partial charge is 0.251 e. The van der Waals surface area contributed by atoms with E-state index in [-0.39, 0.29) is 18.6 Å². The minimum atomic E-state index is -0.171. The number of fused-ring (bicyclic) bond motifs is 1. The minimum Gasteiger partial charge on any atom is -0.388 e. The topological polar surface area (TPSA) is 97.9 Å². The highest BCUT2D eigenvalue weighted by Crippen LogP contribution is 2.17.